The van der Waals surface area contributed by atoms with Crippen LogP contribution in [0.15, 0.2) is 0 Å². The average Bonchev–Trinajstić information content (AvgIpc) is 2.42. The monoisotopic (exact) mass is 297 g/mol. The number of amides is 2. The van der Waals surface area contributed by atoms with Crippen LogP contribution in [-0.4, -0.2) is 56.9 Å². The van der Waals surface area contributed by atoms with Crippen molar-refractivity contribution in [2.24, 2.45) is 11.3 Å². The first kappa shape index (κ1) is 16.6. The van der Waals surface area contributed by atoms with Gasteiger partial charge in [0.25, 0.3) is 0 Å². The van der Waals surface area contributed by atoms with Crippen molar-refractivity contribution >= 4 is 6.03 Å². The molecular formula is C16H31N3O2. The number of ether oxygens (including phenoxy) is 1. The zero-order valence-corrected chi connectivity index (χ0v) is 13.8. The molecule has 2 amide bonds. The Morgan fingerprint density at radius 1 is 1.33 bits per heavy atom. The molecule has 0 spiro atoms. The highest BCUT2D eigenvalue weighted by atomic mass is 16.5. The molecule has 2 fully saturated rings. The van der Waals surface area contributed by atoms with Gasteiger partial charge in [0.1, 0.15) is 0 Å². The molecule has 2 rings (SSSR count). The van der Waals surface area contributed by atoms with Gasteiger partial charge in [-0.3, -0.25) is 0 Å². The van der Waals surface area contributed by atoms with Gasteiger partial charge in [0.15, 0.2) is 0 Å². The molecule has 21 heavy (non-hydrogen) atoms. The molecule has 1 saturated carbocycles. The fourth-order valence-corrected chi connectivity index (χ4v) is 3.53. The van der Waals surface area contributed by atoms with E-state index in [1.54, 1.807) is 0 Å². The van der Waals surface area contributed by atoms with Crippen LogP contribution in [0.1, 0.15) is 39.5 Å². The summed E-state index contributed by atoms with van der Waals surface area (Å²) in [6.45, 7) is 8.65. The summed E-state index contributed by atoms with van der Waals surface area (Å²) in [5, 5.41) is 5.95. The highest BCUT2D eigenvalue weighted by molar-refractivity contribution is 5.73. The molecule has 0 aromatic heterocycles. The van der Waals surface area contributed by atoms with E-state index in [1.807, 2.05) is 0 Å². The molecule has 1 saturated heterocycles. The normalized spacial score (nSPS) is 29.9. The number of hydrogen-bond donors (Lipinski definition) is 2. The van der Waals surface area contributed by atoms with Crippen LogP contribution < -0.4 is 10.6 Å². The van der Waals surface area contributed by atoms with Gasteiger partial charge in [-0.15, -0.1) is 0 Å². The SMILES string of the molecule is CN1CCOC(CNC(=O)NCC2CCCC(C)(C)C2)C1. The van der Waals surface area contributed by atoms with E-state index in [1.165, 1.54) is 25.7 Å². The second kappa shape index (κ2) is 7.45. The number of morpholine rings is 1. The van der Waals surface area contributed by atoms with Gasteiger partial charge in [-0.25, -0.2) is 4.79 Å². The lowest BCUT2D eigenvalue weighted by Gasteiger charge is -2.35. The maximum atomic E-state index is 11.9. The zero-order valence-electron chi connectivity index (χ0n) is 13.8. The van der Waals surface area contributed by atoms with Gasteiger partial charge < -0.3 is 20.3 Å². The number of nitrogens with zero attached hydrogens (tertiary/aromatic N) is 1. The molecule has 2 atom stereocenters. The molecule has 5 heteroatoms. The van der Waals surface area contributed by atoms with Crippen molar-refractivity contribution in [3.8, 4) is 0 Å². The molecular weight excluding hydrogens is 266 g/mol. The van der Waals surface area contributed by atoms with E-state index in [2.05, 4.69) is 36.4 Å². The maximum Gasteiger partial charge on any atom is 0.314 e. The van der Waals surface area contributed by atoms with E-state index in [-0.39, 0.29) is 12.1 Å². The van der Waals surface area contributed by atoms with Crippen LogP contribution in [0.25, 0.3) is 0 Å². The van der Waals surface area contributed by atoms with E-state index < -0.39 is 0 Å². The first-order valence-corrected chi connectivity index (χ1v) is 8.26. The molecule has 1 heterocycles. The van der Waals surface area contributed by atoms with Crippen LogP contribution in [0.4, 0.5) is 4.79 Å². The Labute approximate surface area is 128 Å². The van der Waals surface area contributed by atoms with E-state index in [0.29, 0.717) is 17.9 Å². The number of carbonyl (C=O) groups excluding carboxylic acids is 1. The Morgan fingerprint density at radius 3 is 2.81 bits per heavy atom. The molecule has 1 aliphatic carbocycles. The molecule has 0 bridgehead atoms. The summed E-state index contributed by atoms with van der Waals surface area (Å²) >= 11 is 0. The number of urea groups is 1. The molecule has 1 aliphatic heterocycles. The van der Waals surface area contributed by atoms with E-state index in [4.69, 9.17) is 4.74 Å². The smallest absolute Gasteiger partial charge is 0.314 e. The van der Waals surface area contributed by atoms with Crippen LogP contribution in [0.2, 0.25) is 0 Å². The Morgan fingerprint density at radius 2 is 2.10 bits per heavy atom. The lowest BCUT2D eigenvalue weighted by Crippen LogP contribution is -2.48. The summed E-state index contributed by atoms with van der Waals surface area (Å²) in [6, 6.07) is -0.0600. The van der Waals surface area contributed by atoms with Crippen molar-refractivity contribution in [1.82, 2.24) is 15.5 Å². The third-order valence-electron chi connectivity index (χ3n) is 4.69. The van der Waals surface area contributed by atoms with Crippen LogP contribution >= 0.6 is 0 Å². The van der Waals surface area contributed by atoms with Gasteiger partial charge in [0.2, 0.25) is 0 Å². The minimum Gasteiger partial charge on any atom is -0.374 e. The predicted molar refractivity (Wildman–Crippen MR) is 84.4 cm³/mol. The number of nitrogens with one attached hydrogen (secondary N) is 2. The third kappa shape index (κ3) is 5.83. The second-order valence-electron chi connectivity index (χ2n) is 7.47. The van der Waals surface area contributed by atoms with Gasteiger partial charge >= 0.3 is 6.03 Å². The van der Waals surface area contributed by atoms with Crippen LogP contribution in [0.3, 0.4) is 0 Å². The molecule has 2 unspecified atom stereocenters. The molecule has 5 nitrogen and oxygen atoms in total. The number of carbonyl (C=O) groups is 1. The van der Waals surface area contributed by atoms with Gasteiger partial charge in [0.05, 0.1) is 12.7 Å². The summed E-state index contributed by atoms with van der Waals surface area (Å²) in [4.78, 5) is 14.1. The van der Waals surface area contributed by atoms with Crippen molar-refractivity contribution in [3.63, 3.8) is 0 Å². The zero-order chi connectivity index (χ0) is 15.3. The fourth-order valence-electron chi connectivity index (χ4n) is 3.53. The maximum absolute atomic E-state index is 11.9. The van der Waals surface area contributed by atoms with Crippen molar-refractivity contribution in [1.29, 1.82) is 0 Å². The lowest BCUT2D eigenvalue weighted by molar-refractivity contribution is -0.0167. The van der Waals surface area contributed by atoms with Crippen LogP contribution in [-0.2, 0) is 4.74 Å². The molecule has 2 aliphatic rings. The lowest BCUT2D eigenvalue weighted by atomic mass is 9.72. The van der Waals surface area contributed by atoms with Crippen molar-refractivity contribution < 1.29 is 9.53 Å². The van der Waals surface area contributed by atoms with Gasteiger partial charge in [-0.2, -0.15) is 0 Å². The van der Waals surface area contributed by atoms with Crippen molar-refractivity contribution in [2.75, 3.05) is 39.8 Å². The summed E-state index contributed by atoms with van der Waals surface area (Å²) in [5.41, 5.74) is 0.432. The Kier molecular flexibility index (Phi) is 5.88. The summed E-state index contributed by atoms with van der Waals surface area (Å²) in [5.74, 6) is 0.622. The largest absolute Gasteiger partial charge is 0.374 e. The highest BCUT2D eigenvalue weighted by Crippen LogP contribution is 2.38. The standard InChI is InChI=1S/C16H31N3O2/c1-16(2)6-4-5-13(9-16)10-17-15(20)18-11-14-12-19(3)7-8-21-14/h13-14H,4-12H2,1-3H3,(H2,17,18,20). The van der Waals surface area contributed by atoms with Crippen molar-refractivity contribution in [2.45, 2.75) is 45.6 Å². The molecule has 0 radical (unpaired) electrons. The third-order valence-corrected chi connectivity index (χ3v) is 4.69. The summed E-state index contributed by atoms with van der Waals surface area (Å²) in [7, 11) is 2.08. The molecule has 0 aromatic rings. The minimum absolute atomic E-state index is 0.0600. The van der Waals surface area contributed by atoms with Gasteiger partial charge in [0, 0.05) is 26.2 Å². The Bertz CT molecular complexity index is 346. The first-order chi connectivity index (χ1) is 9.94. The Balaban J connectivity index is 1.61. The number of hydrogen-bond acceptors (Lipinski definition) is 3. The molecule has 122 valence electrons. The second-order valence-corrected chi connectivity index (χ2v) is 7.47. The highest BCUT2D eigenvalue weighted by Gasteiger charge is 2.28. The van der Waals surface area contributed by atoms with Crippen molar-refractivity contribution in [3.05, 3.63) is 0 Å². The summed E-state index contributed by atoms with van der Waals surface area (Å²) in [6.07, 6.45) is 5.15. The topological polar surface area (TPSA) is 53.6 Å². The number of rotatable bonds is 4. The fraction of sp³-hybridized carbons (Fsp3) is 0.938. The van der Waals surface area contributed by atoms with Crippen LogP contribution in [0.5, 0.6) is 0 Å². The molecule has 2 N–H and O–H groups in total. The minimum atomic E-state index is -0.0600. The summed E-state index contributed by atoms with van der Waals surface area (Å²) < 4.78 is 5.64. The van der Waals surface area contributed by atoms with Gasteiger partial charge in [-0.05, 0) is 37.6 Å². The van der Waals surface area contributed by atoms with E-state index >= 15 is 0 Å². The predicted octanol–water partition coefficient (Wildman–Crippen LogP) is 1.83. The Hall–Kier alpha value is -0.810. The van der Waals surface area contributed by atoms with E-state index in [0.717, 1.165) is 26.2 Å². The quantitative estimate of drug-likeness (QED) is 0.832. The van der Waals surface area contributed by atoms with Crippen LogP contribution in [0, 0.1) is 11.3 Å². The average molecular weight is 297 g/mol. The van der Waals surface area contributed by atoms with Gasteiger partial charge in [-0.1, -0.05) is 20.3 Å². The van der Waals surface area contributed by atoms with E-state index in [9.17, 15) is 4.79 Å². The first-order valence-electron chi connectivity index (χ1n) is 8.26. The molecule has 0 aromatic carbocycles. The number of likely N-dealkylation sites (N-methyl/N-ethyl adjacent to an activating group) is 1.